The SMILES string of the molecule is Clc1ccc(-c2ncc(COC3=CCC4CCC3C4)[se]2)cc1. The van der Waals surface area contributed by atoms with Gasteiger partial charge in [-0.3, -0.25) is 0 Å². The number of fused-ring (bicyclic) bond motifs is 2. The van der Waals surface area contributed by atoms with E-state index >= 15 is 0 Å². The first-order valence-corrected chi connectivity index (χ1v) is 9.90. The van der Waals surface area contributed by atoms with Gasteiger partial charge in [0.05, 0.1) is 0 Å². The van der Waals surface area contributed by atoms with Crippen LogP contribution in [-0.2, 0) is 11.3 Å². The van der Waals surface area contributed by atoms with Gasteiger partial charge in [-0.1, -0.05) is 0 Å². The Morgan fingerprint density at radius 3 is 2.95 bits per heavy atom. The van der Waals surface area contributed by atoms with Gasteiger partial charge < -0.3 is 0 Å². The number of hydrogen-bond acceptors (Lipinski definition) is 2. The summed E-state index contributed by atoms with van der Waals surface area (Å²) in [5.41, 5.74) is 1.17. The molecular formula is C18H18ClNOSe. The van der Waals surface area contributed by atoms with Crippen LogP contribution in [0.1, 0.15) is 30.1 Å². The van der Waals surface area contributed by atoms with Crippen LogP contribution < -0.4 is 0 Å². The fourth-order valence-corrected chi connectivity index (χ4v) is 5.30. The summed E-state index contributed by atoms with van der Waals surface area (Å²) >= 11 is 6.20. The first kappa shape index (κ1) is 14.6. The Bertz CT molecular complexity index is 691. The third kappa shape index (κ3) is 3.03. The van der Waals surface area contributed by atoms with Gasteiger partial charge in [-0.2, -0.15) is 0 Å². The average molecular weight is 379 g/mol. The zero-order valence-corrected chi connectivity index (χ0v) is 14.8. The van der Waals surface area contributed by atoms with Crippen LogP contribution in [0.25, 0.3) is 10.1 Å². The van der Waals surface area contributed by atoms with E-state index in [1.165, 1.54) is 46.0 Å². The average Bonchev–Trinajstić information content (AvgIpc) is 3.15. The number of nitrogens with zero attached hydrogens (tertiary/aromatic N) is 1. The van der Waals surface area contributed by atoms with Gasteiger partial charge in [0.15, 0.2) is 0 Å². The standard InChI is InChI=1S/C18H18ClNOSe/c19-15-6-4-13(5-7-15)18-20-10-16(22-18)11-21-17-8-2-12-1-3-14(17)9-12/h4-8,10,12,14H,1-3,9,11H2. The Morgan fingerprint density at radius 1 is 1.23 bits per heavy atom. The number of aromatic nitrogens is 1. The molecule has 2 atom stereocenters. The summed E-state index contributed by atoms with van der Waals surface area (Å²) < 4.78 is 8.60. The van der Waals surface area contributed by atoms with Crippen LogP contribution in [0.4, 0.5) is 0 Å². The van der Waals surface area contributed by atoms with E-state index in [-0.39, 0.29) is 14.5 Å². The molecule has 1 saturated carbocycles. The van der Waals surface area contributed by atoms with Crippen LogP contribution in [0.5, 0.6) is 0 Å². The molecule has 1 fully saturated rings. The Kier molecular flexibility index (Phi) is 4.13. The number of allylic oxidation sites excluding steroid dienone is 2. The van der Waals surface area contributed by atoms with E-state index < -0.39 is 0 Å². The first-order chi connectivity index (χ1) is 10.8. The van der Waals surface area contributed by atoms with Gasteiger partial charge >= 0.3 is 142 Å². The topological polar surface area (TPSA) is 22.1 Å². The molecular weight excluding hydrogens is 361 g/mol. The molecule has 1 heterocycles. The summed E-state index contributed by atoms with van der Waals surface area (Å²) in [4.78, 5) is 4.57. The van der Waals surface area contributed by atoms with Crippen molar-refractivity contribution in [2.24, 2.45) is 11.8 Å². The second-order valence-electron chi connectivity index (χ2n) is 6.15. The van der Waals surface area contributed by atoms with Crippen molar-refractivity contribution in [1.29, 1.82) is 0 Å². The zero-order chi connectivity index (χ0) is 14.9. The van der Waals surface area contributed by atoms with Gasteiger partial charge in [-0.05, 0) is 0 Å². The van der Waals surface area contributed by atoms with Gasteiger partial charge in [-0.15, -0.1) is 0 Å². The number of rotatable bonds is 4. The minimum absolute atomic E-state index is 0.265. The van der Waals surface area contributed by atoms with Crippen LogP contribution in [-0.4, -0.2) is 19.5 Å². The van der Waals surface area contributed by atoms with Crippen molar-refractivity contribution in [2.75, 3.05) is 0 Å². The van der Waals surface area contributed by atoms with Crippen molar-refractivity contribution in [3.63, 3.8) is 0 Å². The molecule has 4 rings (SSSR count). The predicted molar refractivity (Wildman–Crippen MR) is 89.9 cm³/mol. The van der Waals surface area contributed by atoms with Gasteiger partial charge in [0.2, 0.25) is 0 Å². The fraction of sp³-hybridized carbons (Fsp3) is 0.389. The van der Waals surface area contributed by atoms with Crippen molar-refractivity contribution in [1.82, 2.24) is 4.98 Å². The molecule has 1 aromatic heterocycles. The van der Waals surface area contributed by atoms with E-state index in [4.69, 9.17) is 16.3 Å². The summed E-state index contributed by atoms with van der Waals surface area (Å²) in [5, 5.41) is 0.769. The zero-order valence-electron chi connectivity index (χ0n) is 12.3. The maximum absolute atomic E-state index is 6.11. The van der Waals surface area contributed by atoms with Crippen molar-refractivity contribution >= 4 is 26.1 Å². The number of benzene rings is 1. The second kappa shape index (κ2) is 6.23. The number of ether oxygens (including phenoxy) is 1. The Morgan fingerprint density at radius 2 is 2.09 bits per heavy atom. The molecule has 114 valence electrons. The summed E-state index contributed by atoms with van der Waals surface area (Å²) in [6, 6.07) is 7.94. The summed E-state index contributed by atoms with van der Waals surface area (Å²) in [5.74, 6) is 2.85. The molecule has 2 nitrogen and oxygen atoms in total. The monoisotopic (exact) mass is 379 g/mol. The van der Waals surface area contributed by atoms with Crippen LogP contribution in [0.2, 0.25) is 5.02 Å². The number of halogens is 1. The molecule has 0 spiro atoms. The third-order valence-electron chi connectivity index (χ3n) is 4.62. The molecule has 0 N–H and O–H groups in total. The minimum atomic E-state index is 0.265. The van der Waals surface area contributed by atoms with Crippen molar-refractivity contribution in [2.45, 2.75) is 32.3 Å². The Balaban J connectivity index is 1.42. The van der Waals surface area contributed by atoms with Gasteiger partial charge in [0.1, 0.15) is 0 Å². The van der Waals surface area contributed by atoms with Crippen molar-refractivity contribution in [3.8, 4) is 10.1 Å². The van der Waals surface area contributed by atoms with Crippen molar-refractivity contribution in [3.05, 3.63) is 51.8 Å². The van der Waals surface area contributed by atoms with Gasteiger partial charge in [-0.25, -0.2) is 0 Å². The number of hydrogen-bond donors (Lipinski definition) is 0. The Labute approximate surface area is 141 Å². The molecule has 22 heavy (non-hydrogen) atoms. The van der Waals surface area contributed by atoms with Gasteiger partial charge in [0.25, 0.3) is 0 Å². The molecule has 2 aromatic rings. The van der Waals surface area contributed by atoms with Crippen LogP contribution >= 0.6 is 11.6 Å². The van der Waals surface area contributed by atoms with E-state index in [1.54, 1.807) is 0 Å². The molecule has 2 bridgehead atoms. The summed E-state index contributed by atoms with van der Waals surface area (Å²) in [7, 11) is 0. The van der Waals surface area contributed by atoms with E-state index in [0.29, 0.717) is 12.5 Å². The summed E-state index contributed by atoms with van der Waals surface area (Å²) in [6.07, 6.45) is 9.56. The molecule has 4 heteroatoms. The maximum atomic E-state index is 6.11. The van der Waals surface area contributed by atoms with Gasteiger partial charge in [0, 0.05) is 0 Å². The Hall–Kier alpha value is -1.02. The third-order valence-corrected chi connectivity index (χ3v) is 7.01. The quantitative estimate of drug-likeness (QED) is 0.721. The van der Waals surface area contributed by atoms with E-state index in [9.17, 15) is 0 Å². The van der Waals surface area contributed by atoms with E-state index in [1.807, 2.05) is 30.5 Å². The first-order valence-electron chi connectivity index (χ1n) is 7.81. The molecule has 2 aliphatic carbocycles. The molecule has 0 saturated heterocycles. The van der Waals surface area contributed by atoms with Crippen LogP contribution in [0.3, 0.4) is 0 Å². The molecule has 2 unspecified atom stereocenters. The van der Waals surface area contributed by atoms with E-state index in [0.717, 1.165) is 10.9 Å². The summed E-state index contributed by atoms with van der Waals surface area (Å²) in [6.45, 7) is 0.702. The second-order valence-corrected chi connectivity index (χ2v) is 8.92. The van der Waals surface area contributed by atoms with E-state index in [2.05, 4.69) is 11.1 Å². The van der Waals surface area contributed by atoms with Crippen molar-refractivity contribution < 1.29 is 4.74 Å². The molecule has 1 aromatic carbocycles. The van der Waals surface area contributed by atoms with Crippen LogP contribution in [0, 0.1) is 11.8 Å². The molecule has 2 aliphatic rings. The normalized spacial score (nSPS) is 23.4. The predicted octanol–water partition coefficient (Wildman–Crippen LogP) is 4.68. The molecule has 0 amide bonds. The van der Waals surface area contributed by atoms with Crippen LogP contribution in [0.15, 0.2) is 42.3 Å². The fourth-order valence-electron chi connectivity index (χ4n) is 3.43. The molecule has 0 aliphatic heterocycles. The molecule has 0 radical (unpaired) electrons.